The number of ether oxygens (including phenoxy) is 2. The second-order valence-electron chi connectivity index (χ2n) is 10.7. The van der Waals surface area contributed by atoms with Crippen molar-refractivity contribution >= 4 is 38.5 Å². The van der Waals surface area contributed by atoms with Gasteiger partial charge in [0.1, 0.15) is 23.8 Å². The third-order valence-corrected chi connectivity index (χ3v) is 8.14. The zero-order valence-electron chi connectivity index (χ0n) is 21.2. The summed E-state index contributed by atoms with van der Waals surface area (Å²) in [6, 6.07) is 12.9. The maximum absolute atomic E-state index is 15.1. The van der Waals surface area contributed by atoms with Crippen LogP contribution in [-0.2, 0) is 11.3 Å². The average molecular weight is 590 g/mol. The van der Waals surface area contributed by atoms with Crippen LogP contribution in [0.15, 0.2) is 46.9 Å². The van der Waals surface area contributed by atoms with Crippen LogP contribution in [0.5, 0.6) is 5.75 Å². The van der Waals surface area contributed by atoms with Crippen molar-refractivity contribution in [2.45, 2.75) is 45.8 Å². The SMILES string of the molecule is CC(C)(C)OC(=O)N1CCC2(CC1)CN(c1nnc(-c3c(F)cc(Br)cc3OCc3ccccc3)s1)C2. The second kappa shape index (κ2) is 10.2. The largest absolute Gasteiger partial charge is 0.488 e. The van der Waals surface area contributed by atoms with Gasteiger partial charge >= 0.3 is 6.09 Å². The molecule has 0 saturated carbocycles. The van der Waals surface area contributed by atoms with E-state index >= 15 is 4.39 Å². The Labute approximate surface area is 228 Å². The van der Waals surface area contributed by atoms with E-state index in [4.69, 9.17) is 9.47 Å². The van der Waals surface area contributed by atoms with Gasteiger partial charge in [0.05, 0.1) is 5.56 Å². The van der Waals surface area contributed by atoms with Crippen LogP contribution >= 0.6 is 27.3 Å². The Kier molecular flexibility index (Phi) is 7.15. The summed E-state index contributed by atoms with van der Waals surface area (Å²) in [6.45, 7) is 9.06. The fourth-order valence-electron chi connectivity index (χ4n) is 4.76. The molecule has 1 spiro atoms. The Balaban J connectivity index is 1.24. The van der Waals surface area contributed by atoms with Crippen molar-refractivity contribution in [3.8, 4) is 16.3 Å². The summed E-state index contributed by atoms with van der Waals surface area (Å²) in [4.78, 5) is 16.4. The maximum atomic E-state index is 15.1. The van der Waals surface area contributed by atoms with Crippen molar-refractivity contribution in [1.29, 1.82) is 0 Å². The first-order valence-electron chi connectivity index (χ1n) is 12.3. The number of likely N-dealkylation sites (tertiary alicyclic amines) is 1. The first kappa shape index (κ1) is 25.9. The molecule has 2 fully saturated rings. The number of aromatic nitrogens is 2. The number of piperidine rings is 1. The molecular formula is C27H30BrFN4O3S. The monoisotopic (exact) mass is 588 g/mol. The third kappa shape index (κ3) is 5.90. The van der Waals surface area contributed by atoms with E-state index in [2.05, 4.69) is 31.0 Å². The molecule has 0 bridgehead atoms. The quantitative estimate of drug-likeness (QED) is 0.338. The van der Waals surface area contributed by atoms with Gasteiger partial charge in [-0.25, -0.2) is 9.18 Å². The number of carbonyl (C=O) groups excluding carboxylic acids is 1. The van der Waals surface area contributed by atoms with Gasteiger partial charge in [-0.3, -0.25) is 0 Å². The zero-order valence-corrected chi connectivity index (χ0v) is 23.6. The van der Waals surface area contributed by atoms with E-state index in [1.807, 2.05) is 51.1 Å². The van der Waals surface area contributed by atoms with E-state index in [9.17, 15) is 4.79 Å². The van der Waals surface area contributed by atoms with Crippen LogP contribution in [0.3, 0.4) is 0 Å². The van der Waals surface area contributed by atoms with Crippen LogP contribution in [0.25, 0.3) is 10.6 Å². The van der Waals surface area contributed by atoms with Crippen molar-refractivity contribution in [2.75, 3.05) is 31.1 Å². The first-order chi connectivity index (χ1) is 17.6. The molecule has 2 aromatic carbocycles. The number of hydrogen-bond donors (Lipinski definition) is 0. The summed E-state index contributed by atoms with van der Waals surface area (Å²) in [5.74, 6) is 0.0164. The fourth-order valence-corrected chi connectivity index (χ4v) is 6.06. The molecule has 0 radical (unpaired) electrons. The summed E-state index contributed by atoms with van der Waals surface area (Å²) >= 11 is 4.74. The Morgan fingerprint density at radius 3 is 2.51 bits per heavy atom. The van der Waals surface area contributed by atoms with Gasteiger partial charge in [0, 0.05) is 36.1 Å². The predicted octanol–water partition coefficient (Wildman–Crippen LogP) is 6.52. The lowest BCUT2D eigenvalue weighted by molar-refractivity contribution is 0.00597. The zero-order chi connectivity index (χ0) is 26.2. The van der Waals surface area contributed by atoms with Gasteiger partial charge in [-0.05, 0) is 51.3 Å². The number of anilines is 1. The van der Waals surface area contributed by atoms with E-state index in [1.54, 1.807) is 11.0 Å². The van der Waals surface area contributed by atoms with Crippen molar-refractivity contribution in [2.24, 2.45) is 5.41 Å². The summed E-state index contributed by atoms with van der Waals surface area (Å²) in [5, 5.41) is 9.95. The minimum atomic E-state index is -0.490. The van der Waals surface area contributed by atoms with Crippen molar-refractivity contribution < 1.29 is 18.7 Å². The Morgan fingerprint density at radius 2 is 1.84 bits per heavy atom. The number of hydrogen-bond acceptors (Lipinski definition) is 7. The number of halogens is 2. The Hall–Kier alpha value is -2.72. The molecule has 10 heteroatoms. The number of nitrogens with zero attached hydrogens (tertiary/aromatic N) is 4. The molecule has 2 aliphatic heterocycles. The van der Waals surface area contributed by atoms with E-state index in [1.165, 1.54) is 17.4 Å². The van der Waals surface area contributed by atoms with Crippen LogP contribution in [-0.4, -0.2) is 53.0 Å². The molecule has 0 aliphatic carbocycles. The lowest BCUT2D eigenvalue weighted by Crippen LogP contribution is -2.61. The summed E-state index contributed by atoms with van der Waals surface area (Å²) in [5.41, 5.74) is 0.992. The smallest absolute Gasteiger partial charge is 0.410 e. The lowest BCUT2D eigenvalue weighted by atomic mass is 9.72. The molecular weight excluding hydrogens is 559 g/mol. The molecule has 3 heterocycles. The lowest BCUT2D eigenvalue weighted by Gasteiger charge is -2.53. The molecule has 3 aromatic rings. The summed E-state index contributed by atoms with van der Waals surface area (Å²) in [7, 11) is 0. The summed E-state index contributed by atoms with van der Waals surface area (Å²) in [6.07, 6.45) is 1.61. The van der Waals surface area contributed by atoms with E-state index in [0.717, 1.165) is 36.6 Å². The number of amides is 1. The van der Waals surface area contributed by atoms with Gasteiger partial charge in [0.15, 0.2) is 5.01 Å². The van der Waals surface area contributed by atoms with Crippen molar-refractivity contribution in [1.82, 2.24) is 15.1 Å². The Morgan fingerprint density at radius 1 is 1.14 bits per heavy atom. The minimum Gasteiger partial charge on any atom is -0.488 e. The molecule has 37 heavy (non-hydrogen) atoms. The van der Waals surface area contributed by atoms with Crippen LogP contribution in [0.2, 0.25) is 0 Å². The molecule has 0 unspecified atom stereocenters. The van der Waals surface area contributed by atoms with Gasteiger partial charge in [0.2, 0.25) is 5.13 Å². The average Bonchev–Trinajstić information content (AvgIpc) is 3.29. The topological polar surface area (TPSA) is 67.8 Å². The van der Waals surface area contributed by atoms with Crippen LogP contribution in [0.1, 0.15) is 39.2 Å². The minimum absolute atomic E-state index is 0.164. The highest BCUT2D eigenvalue weighted by molar-refractivity contribution is 9.10. The van der Waals surface area contributed by atoms with Gasteiger partial charge in [0.25, 0.3) is 0 Å². The molecule has 5 rings (SSSR count). The molecule has 2 aliphatic rings. The fraction of sp³-hybridized carbons (Fsp3) is 0.444. The summed E-state index contributed by atoms with van der Waals surface area (Å²) < 4.78 is 27.2. The van der Waals surface area contributed by atoms with E-state index < -0.39 is 11.4 Å². The van der Waals surface area contributed by atoms with Crippen LogP contribution in [0.4, 0.5) is 14.3 Å². The number of carbonyl (C=O) groups is 1. The van der Waals surface area contributed by atoms with Gasteiger partial charge in [-0.15, -0.1) is 10.2 Å². The van der Waals surface area contributed by atoms with Gasteiger partial charge < -0.3 is 19.3 Å². The molecule has 1 aromatic heterocycles. The van der Waals surface area contributed by atoms with Crippen molar-refractivity contribution in [3.63, 3.8) is 0 Å². The normalized spacial score (nSPS) is 17.0. The van der Waals surface area contributed by atoms with Crippen molar-refractivity contribution in [3.05, 3.63) is 58.3 Å². The number of rotatable bonds is 5. The standard InChI is InChI=1S/C27H30BrFN4O3S/c1-26(2,3)36-25(34)32-11-9-27(10-12-32)16-33(17-27)24-31-30-23(37-24)22-20(29)13-19(28)14-21(22)35-15-18-7-5-4-6-8-18/h4-8,13-14H,9-12,15-17H2,1-3H3. The van der Waals surface area contributed by atoms with E-state index in [0.29, 0.717) is 40.5 Å². The molecule has 196 valence electrons. The first-order valence-corrected chi connectivity index (χ1v) is 13.9. The van der Waals surface area contributed by atoms with Gasteiger partial charge in [-0.1, -0.05) is 57.6 Å². The van der Waals surface area contributed by atoms with Gasteiger partial charge in [-0.2, -0.15) is 0 Å². The Bertz CT molecular complexity index is 1260. The highest BCUT2D eigenvalue weighted by Crippen LogP contribution is 2.45. The highest BCUT2D eigenvalue weighted by Gasteiger charge is 2.47. The maximum Gasteiger partial charge on any atom is 0.410 e. The second-order valence-corrected chi connectivity index (χ2v) is 12.6. The highest BCUT2D eigenvalue weighted by atomic mass is 79.9. The van der Waals surface area contributed by atoms with Crippen LogP contribution < -0.4 is 9.64 Å². The number of benzene rings is 2. The third-order valence-electron chi connectivity index (χ3n) is 6.68. The molecule has 0 N–H and O–H groups in total. The molecule has 1 amide bonds. The molecule has 0 atom stereocenters. The molecule has 2 saturated heterocycles. The molecule has 7 nitrogen and oxygen atoms in total. The van der Waals surface area contributed by atoms with Crippen LogP contribution in [0, 0.1) is 11.2 Å². The predicted molar refractivity (Wildman–Crippen MR) is 145 cm³/mol. The van der Waals surface area contributed by atoms with E-state index in [-0.39, 0.29) is 11.5 Å².